The van der Waals surface area contributed by atoms with Crippen molar-refractivity contribution in [2.24, 2.45) is 5.73 Å². The average molecular weight is 398 g/mol. The normalized spacial score (nSPS) is 10.4. The maximum atomic E-state index is 7.45. The van der Waals surface area contributed by atoms with Crippen LogP contribution in [0.25, 0.3) is 0 Å². The van der Waals surface area contributed by atoms with Gasteiger partial charge in [0.1, 0.15) is 17.3 Å². The Bertz CT molecular complexity index is 661. The molecule has 3 N–H and O–H groups in total. The molecule has 104 valence electrons. The molecule has 0 radical (unpaired) electrons. The summed E-state index contributed by atoms with van der Waals surface area (Å²) in [5.41, 5.74) is 8.38. The summed E-state index contributed by atoms with van der Waals surface area (Å²) in [6.45, 7) is 4.05. The largest absolute Gasteiger partial charge is 0.457 e. The quantitative estimate of drug-likeness (QED) is 0.571. The van der Waals surface area contributed by atoms with Crippen LogP contribution >= 0.6 is 31.9 Å². The lowest BCUT2D eigenvalue weighted by Gasteiger charge is -2.11. The minimum atomic E-state index is 0.0266. The van der Waals surface area contributed by atoms with Gasteiger partial charge >= 0.3 is 0 Å². The van der Waals surface area contributed by atoms with E-state index < -0.39 is 0 Å². The molecule has 0 amide bonds. The molecular weight excluding hydrogens is 384 g/mol. The van der Waals surface area contributed by atoms with Crippen molar-refractivity contribution in [3.05, 3.63) is 56.0 Å². The molecule has 0 aliphatic carbocycles. The van der Waals surface area contributed by atoms with Crippen LogP contribution < -0.4 is 10.5 Å². The maximum absolute atomic E-state index is 7.45. The Kier molecular flexibility index (Phi) is 4.50. The van der Waals surface area contributed by atoms with Gasteiger partial charge in [0.2, 0.25) is 0 Å². The van der Waals surface area contributed by atoms with Gasteiger partial charge < -0.3 is 10.5 Å². The lowest BCUT2D eigenvalue weighted by atomic mass is 10.1. The number of ether oxygens (including phenoxy) is 1. The molecule has 2 rings (SSSR count). The zero-order chi connectivity index (χ0) is 14.9. The van der Waals surface area contributed by atoms with Crippen molar-refractivity contribution >= 4 is 37.7 Å². The van der Waals surface area contributed by atoms with Crippen LogP contribution in [0.15, 0.2) is 39.3 Å². The van der Waals surface area contributed by atoms with Crippen molar-refractivity contribution in [1.29, 1.82) is 5.41 Å². The third kappa shape index (κ3) is 3.22. The van der Waals surface area contributed by atoms with Crippen LogP contribution in [0.5, 0.6) is 11.5 Å². The van der Waals surface area contributed by atoms with Crippen molar-refractivity contribution in [2.45, 2.75) is 13.8 Å². The third-order valence-electron chi connectivity index (χ3n) is 2.88. The smallest absolute Gasteiger partial charge is 0.128 e. The Morgan fingerprint density at radius 1 is 1.05 bits per heavy atom. The van der Waals surface area contributed by atoms with Crippen molar-refractivity contribution < 1.29 is 4.74 Å². The van der Waals surface area contributed by atoms with E-state index in [1.54, 1.807) is 12.1 Å². The van der Waals surface area contributed by atoms with Crippen LogP contribution in [-0.4, -0.2) is 5.84 Å². The number of nitrogen functional groups attached to an aromatic ring is 1. The van der Waals surface area contributed by atoms with E-state index in [4.69, 9.17) is 15.9 Å². The number of hydrogen-bond donors (Lipinski definition) is 2. The highest BCUT2D eigenvalue weighted by atomic mass is 79.9. The monoisotopic (exact) mass is 396 g/mol. The van der Waals surface area contributed by atoms with Crippen LogP contribution in [-0.2, 0) is 0 Å². The number of rotatable bonds is 3. The van der Waals surface area contributed by atoms with Gasteiger partial charge in [0.15, 0.2) is 0 Å². The molecule has 0 aliphatic heterocycles. The SMILES string of the molecule is Cc1cc(Oc2ccc(C(=N)N)c(Br)c2)cc(C)c1Br. The fraction of sp³-hybridized carbons (Fsp3) is 0.133. The van der Waals surface area contributed by atoms with Gasteiger partial charge in [-0.3, -0.25) is 5.41 Å². The summed E-state index contributed by atoms with van der Waals surface area (Å²) in [7, 11) is 0. The fourth-order valence-electron chi connectivity index (χ4n) is 1.88. The molecule has 0 aliphatic rings. The molecule has 3 nitrogen and oxygen atoms in total. The zero-order valence-corrected chi connectivity index (χ0v) is 14.3. The molecular formula is C15H14Br2N2O. The predicted octanol–water partition coefficient (Wildman–Crippen LogP) is 4.90. The first-order valence-corrected chi connectivity index (χ1v) is 7.55. The molecule has 0 unspecified atom stereocenters. The van der Waals surface area contributed by atoms with Crippen LogP contribution in [0.1, 0.15) is 16.7 Å². The van der Waals surface area contributed by atoms with Crippen molar-refractivity contribution in [3.8, 4) is 11.5 Å². The Morgan fingerprint density at radius 2 is 1.65 bits per heavy atom. The summed E-state index contributed by atoms with van der Waals surface area (Å²) in [4.78, 5) is 0. The van der Waals surface area contributed by atoms with E-state index in [1.807, 2.05) is 32.0 Å². The molecule has 0 bridgehead atoms. The maximum Gasteiger partial charge on any atom is 0.128 e. The van der Waals surface area contributed by atoms with Crippen LogP contribution in [0.2, 0.25) is 0 Å². The van der Waals surface area contributed by atoms with Crippen LogP contribution in [0.3, 0.4) is 0 Å². The summed E-state index contributed by atoms with van der Waals surface area (Å²) in [5.74, 6) is 1.51. The summed E-state index contributed by atoms with van der Waals surface area (Å²) in [5, 5.41) is 7.45. The predicted molar refractivity (Wildman–Crippen MR) is 88.8 cm³/mol. The number of benzene rings is 2. The average Bonchev–Trinajstić information content (AvgIpc) is 2.35. The minimum absolute atomic E-state index is 0.0266. The Balaban J connectivity index is 2.31. The molecule has 0 aromatic heterocycles. The van der Waals surface area contributed by atoms with Gasteiger partial charge in [-0.2, -0.15) is 0 Å². The van der Waals surface area contributed by atoms with Gasteiger partial charge in [-0.15, -0.1) is 0 Å². The Morgan fingerprint density at radius 3 is 2.15 bits per heavy atom. The highest BCUT2D eigenvalue weighted by Crippen LogP contribution is 2.31. The highest BCUT2D eigenvalue weighted by Gasteiger charge is 2.07. The second-order valence-corrected chi connectivity index (χ2v) is 6.18. The number of hydrogen-bond acceptors (Lipinski definition) is 2. The summed E-state index contributed by atoms with van der Waals surface area (Å²) >= 11 is 6.93. The van der Waals surface area contributed by atoms with Gasteiger partial charge in [-0.25, -0.2) is 0 Å². The van der Waals surface area contributed by atoms with E-state index in [-0.39, 0.29) is 5.84 Å². The van der Waals surface area contributed by atoms with Crippen molar-refractivity contribution in [3.63, 3.8) is 0 Å². The third-order valence-corrected chi connectivity index (χ3v) is 4.78. The van der Waals surface area contributed by atoms with Gasteiger partial charge in [0.05, 0.1) is 0 Å². The van der Waals surface area contributed by atoms with Crippen molar-refractivity contribution in [2.75, 3.05) is 0 Å². The number of halogens is 2. The summed E-state index contributed by atoms with van der Waals surface area (Å²) in [6.07, 6.45) is 0. The number of amidine groups is 1. The van der Waals surface area contributed by atoms with E-state index in [0.29, 0.717) is 11.3 Å². The fourth-order valence-corrected chi connectivity index (χ4v) is 2.68. The molecule has 0 saturated carbocycles. The number of aryl methyl sites for hydroxylation is 2. The Labute approximate surface area is 134 Å². The summed E-state index contributed by atoms with van der Waals surface area (Å²) < 4.78 is 7.69. The van der Waals surface area contributed by atoms with Gasteiger partial charge in [0, 0.05) is 14.5 Å². The Hall–Kier alpha value is -1.33. The second kappa shape index (κ2) is 5.97. The topological polar surface area (TPSA) is 59.1 Å². The molecule has 5 heteroatoms. The van der Waals surface area contributed by atoms with E-state index in [2.05, 4.69) is 31.9 Å². The molecule has 2 aromatic carbocycles. The lowest BCUT2D eigenvalue weighted by Crippen LogP contribution is -2.11. The first-order chi connectivity index (χ1) is 9.38. The highest BCUT2D eigenvalue weighted by molar-refractivity contribution is 9.10. The molecule has 2 aromatic rings. The molecule has 0 atom stereocenters. The molecule has 0 heterocycles. The first-order valence-electron chi connectivity index (χ1n) is 5.97. The van der Waals surface area contributed by atoms with Crippen LogP contribution in [0.4, 0.5) is 0 Å². The van der Waals surface area contributed by atoms with E-state index in [0.717, 1.165) is 25.8 Å². The van der Waals surface area contributed by atoms with Gasteiger partial charge in [-0.1, -0.05) is 15.9 Å². The van der Waals surface area contributed by atoms with Gasteiger partial charge in [0.25, 0.3) is 0 Å². The number of nitrogens with one attached hydrogen (secondary N) is 1. The minimum Gasteiger partial charge on any atom is -0.457 e. The second-order valence-electron chi connectivity index (χ2n) is 4.53. The van der Waals surface area contributed by atoms with Crippen molar-refractivity contribution in [1.82, 2.24) is 0 Å². The van der Waals surface area contributed by atoms with E-state index in [1.165, 1.54) is 0 Å². The number of nitrogens with two attached hydrogens (primary N) is 1. The summed E-state index contributed by atoms with van der Waals surface area (Å²) in [6, 6.07) is 9.33. The van der Waals surface area contributed by atoms with E-state index >= 15 is 0 Å². The molecule has 0 saturated heterocycles. The standard InChI is InChI=1S/C15H14Br2N2O/c1-8-5-11(6-9(2)14(8)17)20-10-3-4-12(15(18)19)13(16)7-10/h3-7H,1-2H3,(H3,18,19). The first kappa shape index (κ1) is 15.1. The van der Waals surface area contributed by atoms with Gasteiger partial charge in [-0.05, 0) is 71.2 Å². The lowest BCUT2D eigenvalue weighted by molar-refractivity contribution is 0.481. The molecule has 0 spiro atoms. The zero-order valence-electron chi connectivity index (χ0n) is 11.1. The molecule has 20 heavy (non-hydrogen) atoms. The molecule has 0 fully saturated rings. The van der Waals surface area contributed by atoms with Crippen LogP contribution in [0, 0.1) is 19.3 Å². The van der Waals surface area contributed by atoms with E-state index in [9.17, 15) is 0 Å².